The number of ether oxygens (including phenoxy) is 2. The van der Waals surface area contributed by atoms with E-state index in [-0.39, 0.29) is 17.5 Å². The van der Waals surface area contributed by atoms with Crippen molar-refractivity contribution in [1.82, 2.24) is 10.2 Å². The van der Waals surface area contributed by atoms with Gasteiger partial charge in [-0.15, -0.1) is 0 Å². The van der Waals surface area contributed by atoms with Crippen molar-refractivity contribution in [2.24, 2.45) is 4.99 Å². The molecule has 30 heavy (non-hydrogen) atoms. The van der Waals surface area contributed by atoms with Gasteiger partial charge in [0.05, 0.1) is 19.8 Å². The topological polar surface area (TPSA) is 80.2 Å². The van der Waals surface area contributed by atoms with Gasteiger partial charge in [0, 0.05) is 37.6 Å². The van der Waals surface area contributed by atoms with Crippen LogP contribution < -0.4 is 14.8 Å². The van der Waals surface area contributed by atoms with Crippen LogP contribution in [0.15, 0.2) is 47.5 Å². The number of aliphatic imine (C=N–C) groups is 1. The minimum absolute atomic E-state index is 0.150. The largest absolute Gasteiger partial charge is 0.497 e. The number of methoxy groups -OCH3 is 2. The van der Waals surface area contributed by atoms with Crippen LogP contribution in [0.3, 0.4) is 0 Å². The summed E-state index contributed by atoms with van der Waals surface area (Å²) < 4.78 is 24.1. The molecule has 1 fully saturated rings. The minimum Gasteiger partial charge on any atom is -0.497 e. The molecule has 1 saturated heterocycles. The Kier molecular flexibility index (Phi) is 5.15. The van der Waals surface area contributed by atoms with Crippen molar-refractivity contribution in [1.29, 1.82) is 0 Å². The maximum absolute atomic E-state index is 13.5. The molecular formula is C22H22FN3O4. The molecule has 0 radical (unpaired) electrons. The average Bonchev–Trinajstić information content (AvgIpc) is 3.09. The quantitative estimate of drug-likeness (QED) is 0.838. The maximum atomic E-state index is 13.5. The molecule has 2 aromatic rings. The zero-order valence-corrected chi connectivity index (χ0v) is 16.8. The first kappa shape index (κ1) is 19.9. The van der Waals surface area contributed by atoms with Crippen LogP contribution in [0.1, 0.15) is 28.8 Å². The zero-order chi connectivity index (χ0) is 21.3. The number of piperidine rings is 1. The molecule has 1 spiro atoms. The molecule has 1 N–H and O–H groups in total. The third kappa shape index (κ3) is 3.60. The Hall–Kier alpha value is -3.42. The number of nitrogens with one attached hydrogen (secondary N) is 1. The highest BCUT2D eigenvalue weighted by Crippen LogP contribution is 2.31. The molecule has 4 rings (SSSR count). The van der Waals surface area contributed by atoms with Gasteiger partial charge in [-0.1, -0.05) is 12.1 Å². The van der Waals surface area contributed by atoms with Crippen molar-refractivity contribution in [3.63, 3.8) is 0 Å². The van der Waals surface area contributed by atoms with Gasteiger partial charge < -0.3 is 19.7 Å². The first-order valence-electron chi connectivity index (χ1n) is 9.64. The Bertz CT molecular complexity index is 1030. The molecule has 0 unspecified atom stereocenters. The number of rotatable bonds is 4. The monoisotopic (exact) mass is 411 g/mol. The summed E-state index contributed by atoms with van der Waals surface area (Å²) in [7, 11) is 3.06. The number of carbonyl (C=O) groups excluding carboxylic acids is 2. The van der Waals surface area contributed by atoms with Crippen molar-refractivity contribution in [3.05, 3.63) is 59.4 Å². The molecule has 156 valence electrons. The summed E-state index contributed by atoms with van der Waals surface area (Å²) in [6.07, 6.45) is 0.948. The minimum atomic E-state index is -0.764. The van der Waals surface area contributed by atoms with Gasteiger partial charge >= 0.3 is 0 Å². The van der Waals surface area contributed by atoms with Crippen molar-refractivity contribution >= 4 is 17.5 Å². The molecule has 2 aliphatic heterocycles. The van der Waals surface area contributed by atoms with E-state index in [4.69, 9.17) is 9.47 Å². The van der Waals surface area contributed by atoms with E-state index in [1.165, 1.54) is 19.2 Å². The number of halogens is 1. The first-order valence-corrected chi connectivity index (χ1v) is 9.64. The molecule has 0 saturated carbocycles. The van der Waals surface area contributed by atoms with Gasteiger partial charge in [0.1, 0.15) is 28.7 Å². The Morgan fingerprint density at radius 2 is 1.90 bits per heavy atom. The SMILES string of the molecule is COc1ccc(C(=O)N2CCC3(CC2)N=C(c2cccc(F)c2)C(=O)N3)c(OC)c1. The van der Waals surface area contributed by atoms with Crippen LogP contribution in [-0.4, -0.2) is 55.4 Å². The third-order valence-corrected chi connectivity index (χ3v) is 5.50. The fourth-order valence-electron chi connectivity index (χ4n) is 3.86. The summed E-state index contributed by atoms with van der Waals surface area (Å²) in [6.45, 7) is 0.850. The lowest BCUT2D eigenvalue weighted by atomic mass is 9.97. The predicted octanol–water partition coefficient (Wildman–Crippen LogP) is 2.39. The Morgan fingerprint density at radius 1 is 1.13 bits per heavy atom. The van der Waals surface area contributed by atoms with Crippen LogP contribution in [0.5, 0.6) is 11.5 Å². The number of nitrogens with zero attached hydrogens (tertiary/aromatic N) is 2. The van der Waals surface area contributed by atoms with Crippen molar-refractivity contribution in [2.75, 3.05) is 27.3 Å². The normalized spacial score (nSPS) is 17.5. The summed E-state index contributed by atoms with van der Waals surface area (Å²) in [5, 5.41) is 2.93. The second-order valence-corrected chi connectivity index (χ2v) is 7.31. The van der Waals surface area contributed by atoms with Crippen LogP contribution in [-0.2, 0) is 4.79 Å². The standard InChI is InChI=1S/C22H22FN3O4/c1-29-16-6-7-17(18(13-16)30-2)21(28)26-10-8-22(9-11-26)24-19(20(27)25-22)14-4-3-5-15(23)12-14/h3-7,12-13H,8-11H2,1-2H3,(H,25,27). The van der Waals surface area contributed by atoms with Crippen molar-refractivity contribution in [3.8, 4) is 11.5 Å². The number of likely N-dealkylation sites (tertiary alicyclic amines) is 1. The fraction of sp³-hybridized carbons (Fsp3) is 0.318. The van der Waals surface area contributed by atoms with Crippen LogP contribution in [0, 0.1) is 5.82 Å². The zero-order valence-electron chi connectivity index (χ0n) is 16.8. The lowest BCUT2D eigenvalue weighted by Gasteiger charge is -2.37. The highest BCUT2D eigenvalue weighted by molar-refractivity contribution is 6.46. The van der Waals surface area contributed by atoms with Crippen LogP contribution in [0.25, 0.3) is 0 Å². The van der Waals surface area contributed by atoms with Gasteiger partial charge in [0.2, 0.25) is 0 Å². The number of hydrogen-bond donors (Lipinski definition) is 1. The van der Waals surface area contributed by atoms with Gasteiger partial charge in [0.25, 0.3) is 11.8 Å². The van der Waals surface area contributed by atoms with E-state index in [0.717, 1.165) is 0 Å². The van der Waals surface area contributed by atoms with Gasteiger partial charge in [-0.2, -0.15) is 0 Å². The summed E-state index contributed by atoms with van der Waals surface area (Å²) >= 11 is 0. The number of carbonyl (C=O) groups is 2. The lowest BCUT2D eigenvalue weighted by Crippen LogP contribution is -2.52. The fourth-order valence-corrected chi connectivity index (χ4v) is 3.86. The van der Waals surface area contributed by atoms with Gasteiger partial charge in [0.15, 0.2) is 0 Å². The van der Waals surface area contributed by atoms with Crippen molar-refractivity contribution < 1.29 is 23.5 Å². The first-order chi connectivity index (χ1) is 14.4. The molecule has 2 amide bonds. The highest BCUT2D eigenvalue weighted by Gasteiger charge is 2.43. The average molecular weight is 411 g/mol. The van der Waals surface area contributed by atoms with E-state index in [2.05, 4.69) is 10.3 Å². The van der Waals surface area contributed by atoms with E-state index < -0.39 is 11.5 Å². The Balaban J connectivity index is 1.50. The van der Waals surface area contributed by atoms with E-state index in [1.807, 2.05) is 0 Å². The third-order valence-electron chi connectivity index (χ3n) is 5.50. The Labute approximate surface area is 173 Å². The second kappa shape index (κ2) is 7.78. The maximum Gasteiger partial charge on any atom is 0.272 e. The highest BCUT2D eigenvalue weighted by atomic mass is 19.1. The molecule has 0 atom stereocenters. The summed E-state index contributed by atoms with van der Waals surface area (Å²) in [4.78, 5) is 31.8. The molecule has 7 nitrogen and oxygen atoms in total. The van der Waals surface area contributed by atoms with Crippen LogP contribution in [0.4, 0.5) is 4.39 Å². The molecule has 8 heteroatoms. The predicted molar refractivity (Wildman–Crippen MR) is 108 cm³/mol. The van der Waals surface area contributed by atoms with E-state index in [9.17, 15) is 14.0 Å². The van der Waals surface area contributed by atoms with Gasteiger partial charge in [-0.25, -0.2) is 4.39 Å². The molecule has 0 bridgehead atoms. The summed E-state index contributed by atoms with van der Waals surface area (Å²) in [5.74, 6) is 0.159. The summed E-state index contributed by atoms with van der Waals surface area (Å²) in [6, 6.07) is 10.9. The van der Waals surface area contributed by atoms with E-state index in [0.29, 0.717) is 48.6 Å². The second-order valence-electron chi connectivity index (χ2n) is 7.31. The molecular weight excluding hydrogens is 389 g/mol. The molecule has 2 aromatic carbocycles. The van der Waals surface area contributed by atoms with E-state index >= 15 is 0 Å². The molecule has 2 heterocycles. The van der Waals surface area contributed by atoms with Gasteiger partial charge in [-0.05, 0) is 24.3 Å². The molecule has 0 aliphatic carbocycles. The lowest BCUT2D eigenvalue weighted by molar-refractivity contribution is -0.115. The number of benzene rings is 2. The summed E-state index contributed by atoms with van der Waals surface area (Å²) in [5.41, 5.74) is 0.366. The molecule has 2 aliphatic rings. The number of amides is 2. The van der Waals surface area contributed by atoms with Crippen LogP contribution in [0.2, 0.25) is 0 Å². The smallest absolute Gasteiger partial charge is 0.272 e. The van der Waals surface area contributed by atoms with Crippen LogP contribution >= 0.6 is 0 Å². The Morgan fingerprint density at radius 3 is 2.57 bits per heavy atom. The van der Waals surface area contributed by atoms with Gasteiger partial charge in [-0.3, -0.25) is 14.6 Å². The number of hydrogen-bond acceptors (Lipinski definition) is 5. The molecule has 0 aromatic heterocycles. The van der Waals surface area contributed by atoms with Crippen molar-refractivity contribution in [2.45, 2.75) is 18.5 Å². The van der Waals surface area contributed by atoms with E-state index in [1.54, 1.807) is 42.3 Å².